The molecule has 0 aromatic heterocycles. The third-order valence-corrected chi connectivity index (χ3v) is 6.58. The molecule has 0 aromatic rings. The van der Waals surface area contributed by atoms with Crippen molar-refractivity contribution in [3.05, 3.63) is 0 Å². The van der Waals surface area contributed by atoms with Gasteiger partial charge in [-0.3, -0.25) is 4.55 Å². The molecule has 2 atom stereocenters. The standard InChI is InChI=1S/C21H44O4S/c1-3-5-7-9-10-11-12-13-14-16-20(22)18-19-21(26(23,24)25)17-15-8-6-4-2/h20-22H,3-19H2,1-2H3,(H,23,24,25). The Balaban J connectivity index is 3.77. The van der Waals surface area contributed by atoms with E-state index in [4.69, 9.17) is 0 Å². The van der Waals surface area contributed by atoms with Gasteiger partial charge in [-0.15, -0.1) is 0 Å². The van der Waals surface area contributed by atoms with E-state index in [1.165, 1.54) is 44.9 Å². The molecule has 0 aliphatic rings. The Morgan fingerprint density at radius 2 is 1.04 bits per heavy atom. The minimum absolute atomic E-state index is 0.365. The summed E-state index contributed by atoms with van der Waals surface area (Å²) in [5.41, 5.74) is 0. The molecule has 0 saturated carbocycles. The van der Waals surface area contributed by atoms with Gasteiger partial charge >= 0.3 is 0 Å². The molecule has 0 amide bonds. The average Bonchev–Trinajstić information content (AvgIpc) is 2.58. The van der Waals surface area contributed by atoms with E-state index in [2.05, 4.69) is 13.8 Å². The molecule has 26 heavy (non-hydrogen) atoms. The molecule has 0 aliphatic heterocycles. The highest BCUT2D eigenvalue weighted by Gasteiger charge is 2.23. The van der Waals surface area contributed by atoms with Gasteiger partial charge < -0.3 is 5.11 Å². The summed E-state index contributed by atoms with van der Waals surface area (Å²) in [7, 11) is -4.00. The Bertz CT molecular complexity index is 395. The molecule has 0 saturated heterocycles. The van der Waals surface area contributed by atoms with Gasteiger partial charge in [0.1, 0.15) is 0 Å². The highest BCUT2D eigenvalue weighted by Crippen LogP contribution is 2.19. The predicted molar refractivity (Wildman–Crippen MR) is 111 cm³/mol. The SMILES string of the molecule is CCCCCCCCCCCC(O)CCC(CCCCCC)S(=O)(=O)O. The molecule has 4 nitrogen and oxygen atoms in total. The lowest BCUT2D eigenvalue weighted by Gasteiger charge is -2.16. The summed E-state index contributed by atoms with van der Waals surface area (Å²) in [6.45, 7) is 4.35. The van der Waals surface area contributed by atoms with Gasteiger partial charge in [0.25, 0.3) is 10.1 Å². The van der Waals surface area contributed by atoms with Crippen LogP contribution in [-0.4, -0.2) is 29.4 Å². The normalized spacial score (nSPS) is 14.5. The monoisotopic (exact) mass is 392 g/mol. The number of aliphatic hydroxyl groups excluding tert-OH is 1. The van der Waals surface area contributed by atoms with E-state index in [1.807, 2.05) is 0 Å². The van der Waals surface area contributed by atoms with E-state index in [-0.39, 0.29) is 0 Å². The molecule has 0 aromatic carbocycles. The third-order valence-electron chi connectivity index (χ3n) is 5.26. The lowest BCUT2D eigenvalue weighted by Crippen LogP contribution is -2.22. The van der Waals surface area contributed by atoms with Gasteiger partial charge in [0.2, 0.25) is 0 Å². The molecule has 0 spiro atoms. The first kappa shape index (κ1) is 25.9. The van der Waals surface area contributed by atoms with Crippen LogP contribution in [0.5, 0.6) is 0 Å². The Hall–Kier alpha value is -0.130. The summed E-state index contributed by atoms with van der Waals surface area (Å²) in [5, 5.41) is 9.39. The molecule has 0 radical (unpaired) electrons. The summed E-state index contributed by atoms with van der Waals surface area (Å²) < 4.78 is 32.4. The predicted octanol–water partition coefficient (Wildman–Crippen LogP) is 6.28. The zero-order valence-corrected chi connectivity index (χ0v) is 18.1. The van der Waals surface area contributed by atoms with Crippen LogP contribution in [0.15, 0.2) is 0 Å². The number of hydrogen-bond donors (Lipinski definition) is 2. The number of aliphatic hydroxyl groups is 1. The van der Waals surface area contributed by atoms with Crippen molar-refractivity contribution in [2.45, 2.75) is 134 Å². The van der Waals surface area contributed by atoms with E-state index < -0.39 is 21.5 Å². The zero-order valence-electron chi connectivity index (χ0n) is 17.3. The lowest BCUT2D eigenvalue weighted by atomic mass is 10.0. The van der Waals surface area contributed by atoms with Crippen molar-refractivity contribution in [1.82, 2.24) is 0 Å². The molecule has 5 heteroatoms. The Labute approximate surface area is 162 Å². The highest BCUT2D eigenvalue weighted by molar-refractivity contribution is 7.86. The highest BCUT2D eigenvalue weighted by atomic mass is 32.2. The zero-order chi connectivity index (χ0) is 19.7. The van der Waals surface area contributed by atoms with E-state index in [1.54, 1.807) is 0 Å². The maximum atomic E-state index is 11.5. The summed E-state index contributed by atoms with van der Waals surface area (Å²) in [6.07, 6.45) is 16.9. The summed E-state index contributed by atoms with van der Waals surface area (Å²) in [6, 6.07) is 0. The molecule has 0 aliphatic carbocycles. The van der Waals surface area contributed by atoms with Crippen molar-refractivity contribution in [1.29, 1.82) is 0 Å². The van der Waals surface area contributed by atoms with E-state index in [0.29, 0.717) is 19.3 Å². The second-order valence-electron chi connectivity index (χ2n) is 7.83. The van der Waals surface area contributed by atoms with Crippen LogP contribution in [0.1, 0.15) is 123 Å². The maximum Gasteiger partial charge on any atom is 0.267 e. The van der Waals surface area contributed by atoms with Crippen molar-refractivity contribution < 1.29 is 18.1 Å². The van der Waals surface area contributed by atoms with Gasteiger partial charge in [0.15, 0.2) is 0 Å². The number of rotatable bonds is 19. The fraction of sp³-hybridized carbons (Fsp3) is 1.00. The summed E-state index contributed by atoms with van der Waals surface area (Å²) in [5.74, 6) is 0. The number of hydrogen-bond acceptors (Lipinski definition) is 3. The van der Waals surface area contributed by atoms with Gasteiger partial charge in [0.05, 0.1) is 11.4 Å². The molecule has 0 rings (SSSR count). The first-order valence-electron chi connectivity index (χ1n) is 11.1. The van der Waals surface area contributed by atoms with Gasteiger partial charge in [-0.2, -0.15) is 8.42 Å². The van der Waals surface area contributed by atoms with Gasteiger partial charge in [-0.1, -0.05) is 97.3 Å². The summed E-state index contributed by atoms with van der Waals surface area (Å²) >= 11 is 0. The molecule has 0 bridgehead atoms. The third kappa shape index (κ3) is 16.1. The van der Waals surface area contributed by atoms with Crippen LogP contribution in [0.3, 0.4) is 0 Å². The van der Waals surface area contributed by atoms with E-state index >= 15 is 0 Å². The van der Waals surface area contributed by atoms with Crippen LogP contribution in [0.4, 0.5) is 0 Å². The van der Waals surface area contributed by atoms with Crippen molar-refractivity contribution in [3.63, 3.8) is 0 Å². The van der Waals surface area contributed by atoms with Crippen molar-refractivity contribution in [3.8, 4) is 0 Å². The lowest BCUT2D eigenvalue weighted by molar-refractivity contribution is 0.147. The van der Waals surface area contributed by atoms with Gasteiger partial charge in [0, 0.05) is 0 Å². The quantitative estimate of drug-likeness (QED) is 0.200. The van der Waals surface area contributed by atoms with Crippen LogP contribution in [0.2, 0.25) is 0 Å². The van der Waals surface area contributed by atoms with Gasteiger partial charge in [-0.05, 0) is 25.7 Å². The molecule has 0 fully saturated rings. The van der Waals surface area contributed by atoms with Gasteiger partial charge in [-0.25, -0.2) is 0 Å². The Kier molecular flexibility index (Phi) is 16.9. The first-order valence-corrected chi connectivity index (χ1v) is 12.6. The van der Waals surface area contributed by atoms with Crippen LogP contribution in [0, 0.1) is 0 Å². The Morgan fingerprint density at radius 1 is 0.615 bits per heavy atom. The minimum atomic E-state index is -4.00. The van der Waals surface area contributed by atoms with Crippen LogP contribution < -0.4 is 0 Å². The molecular weight excluding hydrogens is 348 g/mol. The maximum absolute atomic E-state index is 11.5. The fourth-order valence-electron chi connectivity index (χ4n) is 3.45. The first-order chi connectivity index (χ1) is 12.4. The van der Waals surface area contributed by atoms with Crippen LogP contribution >= 0.6 is 0 Å². The van der Waals surface area contributed by atoms with Crippen molar-refractivity contribution in [2.75, 3.05) is 0 Å². The van der Waals surface area contributed by atoms with E-state index in [9.17, 15) is 18.1 Å². The second kappa shape index (κ2) is 17.0. The number of unbranched alkanes of at least 4 members (excludes halogenated alkanes) is 11. The Morgan fingerprint density at radius 3 is 1.54 bits per heavy atom. The average molecular weight is 393 g/mol. The van der Waals surface area contributed by atoms with E-state index in [0.717, 1.165) is 44.9 Å². The minimum Gasteiger partial charge on any atom is -0.393 e. The fourth-order valence-corrected chi connectivity index (χ4v) is 4.35. The molecule has 2 N–H and O–H groups in total. The van der Waals surface area contributed by atoms with Crippen molar-refractivity contribution in [2.24, 2.45) is 0 Å². The molecular formula is C21H44O4S. The van der Waals surface area contributed by atoms with Crippen molar-refractivity contribution >= 4 is 10.1 Å². The molecule has 2 unspecified atom stereocenters. The molecule has 0 heterocycles. The largest absolute Gasteiger partial charge is 0.393 e. The second-order valence-corrected chi connectivity index (χ2v) is 9.53. The summed E-state index contributed by atoms with van der Waals surface area (Å²) in [4.78, 5) is 0. The smallest absolute Gasteiger partial charge is 0.267 e. The molecule has 158 valence electrons. The van der Waals surface area contributed by atoms with Crippen LogP contribution in [0.25, 0.3) is 0 Å². The topological polar surface area (TPSA) is 74.6 Å². The van der Waals surface area contributed by atoms with Crippen LogP contribution in [-0.2, 0) is 10.1 Å².